The van der Waals surface area contributed by atoms with Crippen molar-refractivity contribution in [2.45, 2.75) is 13.2 Å². The number of hydrogen-bond donors (Lipinski definition) is 2. The van der Waals surface area contributed by atoms with Crippen LogP contribution in [-0.2, 0) is 51.1 Å². The lowest BCUT2D eigenvalue weighted by molar-refractivity contribution is -0.0164. The summed E-state index contributed by atoms with van der Waals surface area (Å²) < 4.78 is 42.8. The molecule has 0 spiro atoms. The van der Waals surface area contributed by atoms with Crippen LogP contribution in [0, 0.1) is 0 Å². The summed E-state index contributed by atoms with van der Waals surface area (Å²) in [5, 5.41) is 5.27. The first-order chi connectivity index (χ1) is 20.7. The van der Waals surface area contributed by atoms with Crippen molar-refractivity contribution < 1.29 is 47.5 Å². The van der Waals surface area contributed by atoms with Crippen LogP contribution in [0.2, 0.25) is 0 Å². The van der Waals surface area contributed by atoms with E-state index in [0.717, 1.165) is 11.1 Å². The molecule has 0 heterocycles. The van der Waals surface area contributed by atoms with E-state index in [1.165, 1.54) is 0 Å². The molecule has 0 atom stereocenters. The number of carbonyl (C=O) groups is 2. The van der Waals surface area contributed by atoms with E-state index in [-0.39, 0.29) is 13.2 Å². The minimum Gasteiger partial charge on any atom is -0.445 e. The van der Waals surface area contributed by atoms with Crippen LogP contribution < -0.4 is 10.6 Å². The zero-order valence-corrected chi connectivity index (χ0v) is 24.2. The highest BCUT2D eigenvalue weighted by Gasteiger charge is 2.03. The molecule has 0 aliphatic heterocycles. The Hall–Kier alpha value is -3.26. The van der Waals surface area contributed by atoms with E-state index in [4.69, 9.17) is 37.9 Å². The number of nitrogens with one attached hydrogen (secondary N) is 2. The molecule has 2 N–H and O–H groups in total. The maximum Gasteiger partial charge on any atom is 0.407 e. The third kappa shape index (κ3) is 20.6. The lowest BCUT2D eigenvalue weighted by Gasteiger charge is -2.09. The van der Waals surface area contributed by atoms with Gasteiger partial charge in [0.05, 0.1) is 79.3 Å². The molecule has 12 nitrogen and oxygen atoms in total. The summed E-state index contributed by atoms with van der Waals surface area (Å²) in [6.07, 6.45) is -0.946. The highest BCUT2D eigenvalue weighted by molar-refractivity contribution is 5.67. The average molecular weight is 593 g/mol. The minimum absolute atomic E-state index is 0.235. The molecule has 0 aliphatic carbocycles. The lowest BCUT2D eigenvalue weighted by atomic mass is 10.2. The first-order valence-electron chi connectivity index (χ1n) is 14.1. The summed E-state index contributed by atoms with van der Waals surface area (Å²) in [7, 11) is 0. The van der Waals surface area contributed by atoms with Crippen LogP contribution in [0.4, 0.5) is 9.59 Å². The molecule has 42 heavy (non-hydrogen) atoms. The standard InChI is InChI=1S/C30H44N2O10/c33-29(41-25-27-7-3-1-4-8-27)31-11-13-35-15-17-37-19-21-39-23-24-40-22-20-38-18-16-36-14-12-32-30(34)42-26-28-9-5-2-6-10-28/h1-10H,11-26H2,(H,31,33)(H,32,34). The number of alkyl carbamates (subject to hydrolysis) is 2. The van der Waals surface area contributed by atoms with E-state index >= 15 is 0 Å². The summed E-state index contributed by atoms with van der Waals surface area (Å²) in [5.74, 6) is 0. The molecule has 0 fully saturated rings. The number of ether oxygens (including phenoxy) is 8. The molecule has 0 radical (unpaired) electrons. The predicted molar refractivity (Wildman–Crippen MR) is 154 cm³/mol. The minimum atomic E-state index is -0.473. The Morgan fingerprint density at radius 2 is 0.714 bits per heavy atom. The van der Waals surface area contributed by atoms with Crippen molar-refractivity contribution in [2.75, 3.05) is 92.4 Å². The molecule has 0 bridgehead atoms. The van der Waals surface area contributed by atoms with E-state index in [0.29, 0.717) is 92.4 Å². The number of carbonyl (C=O) groups excluding carboxylic acids is 2. The smallest absolute Gasteiger partial charge is 0.407 e. The summed E-state index contributed by atoms with van der Waals surface area (Å²) in [6.45, 7) is 6.47. The monoisotopic (exact) mass is 592 g/mol. The number of amides is 2. The highest BCUT2D eigenvalue weighted by Crippen LogP contribution is 2.01. The van der Waals surface area contributed by atoms with Crippen LogP contribution in [0.1, 0.15) is 11.1 Å². The molecule has 2 amide bonds. The van der Waals surface area contributed by atoms with Crippen molar-refractivity contribution in [3.05, 3.63) is 71.8 Å². The quantitative estimate of drug-likeness (QED) is 0.166. The highest BCUT2D eigenvalue weighted by atomic mass is 16.6. The zero-order chi connectivity index (χ0) is 29.8. The fraction of sp³-hybridized carbons (Fsp3) is 0.533. The van der Waals surface area contributed by atoms with Crippen molar-refractivity contribution in [1.82, 2.24) is 10.6 Å². The summed E-state index contributed by atoms with van der Waals surface area (Å²) in [5.41, 5.74) is 1.87. The van der Waals surface area contributed by atoms with Crippen LogP contribution in [0.15, 0.2) is 60.7 Å². The second kappa shape index (κ2) is 25.5. The van der Waals surface area contributed by atoms with Crippen molar-refractivity contribution >= 4 is 12.2 Å². The van der Waals surface area contributed by atoms with Gasteiger partial charge in [0.2, 0.25) is 0 Å². The molecule has 2 aromatic rings. The van der Waals surface area contributed by atoms with Crippen LogP contribution in [0.3, 0.4) is 0 Å². The third-order valence-corrected chi connectivity index (χ3v) is 5.32. The predicted octanol–water partition coefficient (Wildman–Crippen LogP) is 2.94. The SMILES string of the molecule is O=C(NCCOCCOCCOCCOCCOCCOCCNC(=O)OCc1ccccc1)OCc1ccccc1. The Bertz CT molecular complexity index is 845. The van der Waals surface area contributed by atoms with Gasteiger partial charge in [0.1, 0.15) is 13.2 Å². The fourth-order valence-corrected chi connectivity index (χ4v) is 3.20. The van der Waals surface area contributed by atoms with Gasteiger partial charge in [0, 0.05) is 13.1 Å². The maximum absolute atomic E-state index is 11.6. The van der Waals surface area contributed by atoms with Gasteiger partial charge < -0.3 is 48.5 Å². The lowest BCUT2D eigenvalue weighted by Crippen LogP contribution is -2.28. The summed E-state index contributed by atoms with van der Waals surface area (Å²) in [6, 6.07) is 19.0. The van der Waals surface area contributed by atoms with Gasteiger partial charge in [-0.3, -0.25) is 0 Å². The summed E-state index contributed by atoms with van der Waals surface area (Å²) in [4.78, 5) is 23.2. The van der Waals surface area contributed by atoms with Gasteiger partial charge in [-0.2, -0.15) is 0 Å². The molecule has 234 valence electrons. The van der Waals surface area contributed by atoms with Gasteiger partial charge >= 0.3 is 12.2 Å². The number of rotatable bonds is 25. The van der Waals surface area contributed by atoms with Gasteiger partial charge in [-0.05, 0) is 11.1 Å². The van der Waals surface area contributed by atoms with Crippen molar-refractivity contribution in [2.24, 2.45) is 0 Å². The molecule has 0 saturated carbocycles. The van der Waals surface area contributed by atoms with Crippen LogP contribution in [0.5, 0.6) is 0 Å². The zero-order valence-electron chi connectivity index (χ0n) is 24.2. The van der Waals surface area contributed by atoms with Crippen LogP contribution in [0.25, 0.3) is 0 Å². The second-order valence-electron chi connectivity index (χ2n) is 8.65. The Balaban J connectivity index is 1.20. The van der Waals surface area contributed by atoms with E-state index in [9.17, 15) is 9.59 Å². The normalized spacial score (nSPS) is 10.8. The van der Waals surface area contributed by atoms with E-state index in [2.05, 4.69) is 10.6 Å². The van der Waals surface area contributed by atoms with Crippen LogP contribution >= 0.6 is 0 Å². The molecular weight excluding hydrogens is 548 g/mol. The first-order valence-corrected chi connectivity index (χ1v) is 14.1. The van der Waals surface area contributed by atoms with Crippen molar-refractivity contribution in [1.29, 1.82) is 0 Å². The van der Waals surface area contributed by atoms with E-state index in [1.807, 2.05) is 60.7 Å². The van der Waals surface area contributed by atoms with Gasteiger partial charge in [-0.1, -0.05) is 60.7 Å². The van der Waals surface area contributed by atoms with Crippen LogP contribution in [-0.4, -0.2) is 105 Å². The van der Waals surface area contributed by atoms with Gasteiger partial charge in [-0.15, -0.1) is 0 Å². The van der Waals surface area contributed by atoms with Crippen molar-refractivity contribution in [3.63, 3.8) is 0 Å². The van der Waals surface area contributed by atoms with Gasteiger partial charge in [-0.25, -0.2) is 9.59 Å². The molecule has 2 aromatic carbocycles. The van der Waals surface area contributed by atoms with Crippen molar-refractivity contribution in [3.8, 4) is 0 Å². The van der Waals surface area contributed by atoms with E-state index in [1.54, 1.807) is 0 Å². The Kier molecular flexibility index (Phi) is 21.2. The molecule has 0 aliphatic rings. The third-order valence-electron chi connectivity index (χ3n) is 5.32. The molecule has 2 rings (SSSR count). The Labute approximate surface area is 247 Å². The molecule has 0 aromatic heterocycles. The number of hydrogen-bond acceptors (Lipinski definition) is 10. The second-order valence-corrected chi connectivity index (χ2v) is 8.65. The largest absolute Gasteiger partial charge is 0.445 e. The number of benzene rings is 2. The molecular formula is C30H44N2O10. The molecule has 0 saturated heterocycles. The maximum atomic E-state index is 11.6. The first kappa shape index (κ1) is 34.9. The van der Waals surface area contributed by atoms with Gasteiger partial charge in [0.15, 0.2) is 0 Å². The fourth-order valence-electron chi connectivity index (χ4n) is 3.20. The molecule has 0 unspecified atom stereocenters. The molecule has 12 heteroatoms. The average Bonchev–Trinajstić information content (AvgIpc) is 3.02. The Morgan fingerprint density at radius 1 is 0.429 bits per heavy atom. The topological polar surface area (TPSA) is 132 Å². The van der Waals surface area contributed by atoms with E-state index < -0.39 is 12.2 Å². The summed E-state index contributed by atoms with van der Waals surface area (Å²) >= 11 is 0. The van der Waals surface area contributed by atoms with Gasteiger partial charge in [0.25, 0.3) is 0 Å². The Morgan fingerprint density at radius 3 is 1.02 bits per heavy atom.